The Morgan fingerprint density at radius 3 is 2.84 bits per heavy atom. The van der Waals surface area contributed by atoms with Crippen LogP contribution in [-0.4, -0.2) is 29.0 Å². The maximum Gasteiger partial charge on any atom is 0.150 e. The summed E-state index contributed by atoms with van der Waals surface area (Å²) in [4.78, 5) is 6.98. The fourth-order valence-electron chi connectivity index (χ4n) is 2.36. The highest BCUT2D eigenvalue weighted by molar-refractivity contribution is 5.55. The largest absolute Gasteiger partial charge is 0.358 e. The lowest BCUT2D eigenvalue weighted by molar-refractivity contribution is 0.632. The third kappa shape index (κ3) is 2.89. The normalized spacial score (nSPS) is 12.8. The van der Waals surface area contributed by atoms with Crippen LogP contribution in [0.3, 0.4) is 0 Å². The first kappa shape index (κ1) is 13.9. The molecule has 0 spiro atoms. The summed E-state index contributed by atoms with van der Waals surface area (Å²) >= 11 is 0. The first-order valence-corrected chi connectivity index (χ1v) is 7.10. The topological polar surface area (TPSA) is 46.6 Å². The zero-order chi connectivity index (χ0) is 13.8. The van der Waals surface area contributed by atoms with Crippen molar-refractivity contribution in [2.24, 2.45) is 5.73 Å². The maximum atomic E-state index is 6.14. The number of fused-ring (bicyclic) bond motifs is 1. The molecule has 0 bridgehead atoms. The Balaban J connectivity index is 2.45. The van der Waals surface area contributed by atoms with E-state index in [9.17, 15) is 0 Å². The Labute approximate surface area is 115 Å². The van der Waals surface area contributed by atoms with Gasteiger partial charge in [-0.2, -0.15) is 0 Å². The number of nitrogens with two attached hydrogens (primary N) is 1. The van der Waals surface area contributed by atoms with Crippen LogP contribution >= 0.6 is 0 Å². The van der Waals surface area contributed by atoms with Gasteiger partial charge in [0.05, 0.1) is 5.69 Å². The predicted octanol–water partition coefficient (Wildman–Crippen LogP) is 2.46. The highest BCUT2D eigenvalue weighted by Crippen LogP contribution is 2.22. The van der Waals surface area contributed by atoms with Crippen LogP contribution in [0.2, 0.25) is 0 Å². The smallest absolute Gasteiger partial charge is 0.150 e. The fraction of sp³-hybridized carbons (Fsp3) is 0.533. The highest BCUT2D eigenvalue weighted by atomic mass is 15.2. The van der Waals surface area contributed by atoms with Gasteiger partial charge in [-0.25, -0.2) is 4.98 Å². The quantitative estimate of drug-likeness (QED) is 0.868. The number of anilines is 1. The fourth-order valence-corrected chi connectivity index (χ4v) is 2.36. The molecule has 1 atom stereocenters. The van der Waals surface area contributed by atoms with Crippen LogP contribution in [0.4, 0.5) is 5.82 Å². The second-order valence-electron chi connectivity index (χ2n) is 5.10. The third-order valence-corrected chi connectivity index (χ3v) is 3.51. The van der Waals surface area contributed by atoms with Crippen molar-refractivity contribution in [3.8, 4) is 0 Å². The molecule has 2 aromatic heterocycles. The van der Waals surface area contributed by atoms with Crippen molar-refractivity contribution in [1.82, 2.24) is 9.38 Å². The molecule has 0 aromatic carbocycles. The Kier molecular flexibility index (Phi) is 4.43. The lowest BCUT2D eigenvalue weighted by atomic mass is 10.1. The Hall–Kier alpha value is -1.55. The molecule has 0 aliphatic rings. The van der Waals surface area contributed by atoms with Crippen molar-refractivity contribution in [1.29, 1.82) is 0 Å². The van der Waals surface area contributed by atoms with E-state index in [4.69, 9.17) is 10.7 Å². The van der Waals surface area contributed by atoms with Gasteiger partial charge in [0.2, 0.25) is 0 Å². The van der Waals surface area contributed by atoms with Crippen LogP contribution < -0.4 is 10.6 Å². The number of nitrogens with zero attached hydrogens (tertiary/aromatic N) is 3. The third-order valence-electron chi connectivity index (χ3n) is 3.51. The van der Waals surface area contributed by atoms with Crippen molar-refractivity contribution in [2.75, 3.05) is 18.5 Å². The minimum atomic E-state index is 0.189. The SMILES string of the molecule is CCCN(C)c1nc2ccccn2c1CC(N)CC. The molecule has 0 fully saturated rings. The van der Waals surface area contributed by atoms with Crippen LogP contribution in [-0.2, 0) is 6.42 Å². The van der Waals surface area contributed by atoms with Gasteiger partial charge in [0.25, 0.3) is 0 Å². The second kappa shape index (κ2) is 6.06. The molecule has 2 heterocycles. The zero-order valence-electron chi connectivity index (χ0n) is 12.1. The average molecular weight is 260 g/mol. The lowest BCUT2D eigenvalue weighted by Gasteiger charge is -2.18. The molecule has 0 saturated carbocycles. The van der Waals surface area contributed by atoms with Gasteiger partial charge >= 0.3 is 0 Å². The minimum Gasteiger partial charge on any atom is -0.358 e. The van der Waals surface area contributed by atoms with Gasteiger partial charge in [-0.3, -0.25) is 0 Å². The lowest BCUT2D eigenvalue weighted by Crippen LogP contribution is -2.25. The first-order chi connectivity index (χ1) is 9.17. The molecule has 4 nitrogen and oxygen atoms in total. The van der Waals surface area contributed by atoms with Gasteiger partial charge in [-0.1, -0.05) is 19.9 Å². The summed E-state index contributed by atoms with van der Waals surface area (Å²) in [6, 6.07) is 6.30. The van der Waals surface area contributed by atoms with Crippen LogP contribution in [0.5, 0.6) is 0 Å². The summed E-state index contributed by atoms with van der Waals surface area (Å²) in [5.41, 5.74) is 8.36. The van der Waals surface area contributed by atoms with Gasteiger partial charge < -0.3 is 15.0 Å². The van der Waals surface area contributed by atoms with Crippen molar-refractivity contribution in [2.45, 2.75) is 39.2 Å². The van der Waals surface area contributed by atoms with Crippen molar-refractivity contribution < 1.29 is 0 Å². The number of hydrogen-bond acceptors (Lipinski definition) is 3. The second-order valence-corrected chi connectivity index (χ2v) is 5.10. The van der Waals surface area contributed by atoms with Crippen molar-refractivity contribution >= 4 is 11.5 Å². The Bertz CT molecular complexity index is 532. The summed E-state index contributed by atoms with van der Waals surface area (Å²) in [6.45, 7) is 5.32. The minimum absolute atomic E-state index is 0.189. The van der Waals surface area contributed by atoms with Gasteiger partial charge in [0, 0.05) is 32.3 Å². The number of imidazole rings is 1. The molecule has 2 aromatic rings. The summed E-state index contributed by atoms with van der Waals surface area (Å²) in [5, 5.41) is 0. The maximum absolute atomic E-state index is 6.14. The van der Waals surface area contributed by atoms with E-state index >= 15 is 0 Å². The van der Waals surface area contributed by atoms with Crippen LogP contribution in [0, 0.1) is 0 Å². The van der Waals surface area contributed by atoms with Crippen LogP contribution in [0.1, 0.15) is 32.4 Å². The van der Waals surface area contributed by atoms with Gasteiger partial charge in [-0.05, 0) is 25.0 Å². The van der Waals surface area contributed by atoms with Crippen molar-refractivity contribution in [3.63, 3.8) is 0 Å². The molecular formula is C15H24N4. The molecule has 19 heavy (non-hydrogen) atoms. The number of rotatable bonds is 6. The summed E-state index contributed by atoms with van der Waals surface area (Å²) in [7, 11) is 2.10. The van der Waals surface area contributed by atoms with E-state index in [-0.39, 0.29) is 6.04 Å². The molecule has 2 rings (SSSR count). The molecule has 4 heteroatoms. The van der Waals surface area contributed by atoms with Gasteiger partial charge in [0.1, 0.15) is 5.65 Å². The number of pyridine rings is 1. The molecule has 2 N–H and O–H groups in total. The molecule has 0 aliphatic carbocycles. The van der Waals surface area contributed by atoms with E-state index in [1.165, 1.54) is 5.69 Å². The van der Waals surface area contributed by atoms with E-state index in [1.807, 2.05) is 18.2 Å². The molecule has 0 amide bonds. The molecule has 0 saturated heterocycles. The summed E-state index contributed by atoms with van der Waals surface area (Å²) in [5.74, 6) is 1.07. The number of aromatic nitrogens is 2. The van der Waals surface area contributed by atoms with E-state index in [2.05, 4.69) is 36.4 Å². The zero-order valence-corrected chi connectivity index (χ0v) is 12.1. The Morgan fingerprint density at radius 2 is 2.16 bits per heavy atom. The van der Waals surface area contributed by atoms with Gasteiger partial charge in [-0.15, -0.1) is 0 Å². The first-order valence-electron chi connectivity index (χ1n) is 7.10. The molecule has 0 aliphatic heterocycles. The molecule has 104 valence electrons. The standard InChI is InChI=1S/C15H24N4/c1-4-9-18(3)15-13(11-12(16)5-2)19-10-7-6-8-14(19)17-15/h6-8,10,12H,4-5,9,11,16H2,1-3H3. The van der Waals surface area contributed by atoms with E-state index in [0.717, 1.165) is 37.3 Å². The summed E-state index contributed by atoms with van der Waals surface area (Å²) < 4.78 is 2.16. The average Bonchev–Trinajstić information content (AvgIpc) is 2.78. The van der Waals surface area contributed by atoms with Crippen LogP contribution in [0.25, 0.3) is 5.65 Å². The number of hydrogen-bond donors (Lipinski definition) is 1. The molecule has 0 radical (unpaired) electrons. The highest BCUT2D eigenvalue weighted by Gasteiger charge is 2.16. The monoisotopic (exact) mass is 260 g/mol. The Morgan fingerprint density at radius 1 is 1.37 bits per heavy atom. The van der Waals surface area contributed by atoms with E-state index in [0.29, 0.717) is 0 Å². The van der Waals surface area contributed by atoms with Gasteiger partial charge in [0.15, 0.2) is 5.82 Å². The van der Waals surface area contributed by atoms with Crippen molar-refractivity contribution in [3.05, 3.63) is 30.1 Å². The van der Waals surface area contributed by atoms with E-state index < -0.39 is 0 Å². The summed E-state index contributed by atoms with van der Waals surface area (Å²) in [6.07, 6.45) is 5.04. The van der Waals surface area contributed by atoms with Crippen LogP contribution in [0.15, 0.2) is 24.4 Å². The predicted molar refractivity (Wildman–Crippen MR) is 80.7 cm³/mol. The molecular weight excluding hydrogens is 236 g/mol. The van der Waals surface area contributed by atoms with E-state index in [1.54, 1.807) is 0 Å². The molecule has 1 unspecified atom stereocenters.